The fraction of sp³-hybridized carbons (Fsp3) is 0. The van der Waals surface area contributed by atoms with Gasteiger partial charge in [0.15, 0.2) is 17.5 Å². The Morgan fingerprint density at radius 2 is 0.739 bits per heavy atom. The molecule has 0 aliphatic heterocycles. The van der Waals surface area contributed by atoms with E-state index in [1.165, 1.54) is 32.3 Å². The Labute approximate surface area is 266 Å². The topological polar surface area (TPSA) is 38.7 Å². The summed E-state index contributed by atoms with van der Waals surface area (Å²) in [5.74, 6) is 1.95. The number of rotatable bonds is 4. The molecule has 0 unspecified atom stereocenters. The molecule has 0 atom stereocenters. The van der Waals surface area contributed by atoms with Crippen molar-refractivity contribution >= 4 is 43.1 Å². The van der Waals surface area contributed by atoms with Crippen molar-refractivity contribution in [2.45, 2.75) is 0 Å². The molecule has 214 valence electrons. The first-order chi connectivity index (χ1) is 22.8. The van der Waals surface area contributed by atoms with Crippen LogP contribution in [0, 0.1) is 0 Å². The van der Waals surface area contributed by atoms with Gasteiger partial charge in [0, 0.05) is 16.7 Å². The predicted molar refractivity (Wildman–Crippen MR) is 192 cm³/mol. The molecule has 0 aliphatic carbocycles. The highest BCUT2D eigenvalue weighted by Crippen LogP contribution is 2.36. The van der Waals surface area contributed by atoms with Crippen LogP contribution in [0.25, 0.3) is 88.4 Å². The Morgan fingerprint density at radius 1 is 0.261 bits per heavy atom. The average Bonchev–Trinajstić information content (AvgIpc) is 3.14. The van der Waals surface area contributed by atoms with Gasteiger partial charge in [-0.3, -0.25) is 0 Å². The number of aromatic nitrogens is 3. The van der Waals surface area contributed by atoms with Crippen molar-refractivity contribution in [3.8, 4) is 45.3 Å². The van der Waals surface area contributed by atoms with Crippen molar-refractivity contribution in [1.29, 1.82) is 0 Å². The van der Waals surface area contributed by atoms with E-state index in [4.69, 9.17) is 15.0 Å². The van der Waals surface area contributed by atoms with E-state index in [1.807, 2.05) is 18.2 Å². The van der Waals surface area contributed by atoms with Gasteiger partial charge in [0.1, 0.15) is 0 Å². The molecule has 3 nitrogen and oxygen atoms in total. The van der Waals surface area contributed by atoms with E-state index in [9.17, 15) is 0 Å². The largest absolute Gasteiger partial charge is 0.208 e. The summed E-state index contributed by atoms with van der Waals surface area (Å²) in [7, 11) is 0. The maximum absolute atomic E-state index is 5.13. The van der Waals surface area contributed by atoms with E-state index in [2.05, 4.69) is 146 Å². The lowest BCUT2D eigenvalue weighted by molar-refractivity contribution is 1.08. The van der Waals surface area contributed by atoms with Crippen LogP contribution in [0.1, 0.15) is 0 Å². The fourth-order valence-electron chi connectivity index (χ4n) is 6.61. The summed E-state index contributed by atoms with van der Waals surface area (Å²) in [6.45, 7) is 0. The minimum absolute atomic E-state index is 0.650. The summed E-state index contributed by atoms with van der Waals surface area (Å²) >= 11 is 0. The van der Waals surface area contributed by atoms with Gasteiger partial charge < -0.3 is 0 Å². The molecule has 0 N–H and O–H groups in total. The third kappa shape index (κ3) is 4.49. The fourth-order valence-corrected chi connectivity index (χ4v) is 6.61. The third-order valence-corrected chi connectivity index (χ3v) is 8.87. The van der Waals surface area contributed by atoms with Crippen LogP contribution in [0.2, 0.25) is 0 Å². The zero-order valence-corrected chi connectivity index (χ0v) is 24.9. The van der Waals surface area contributed by atoms with Crippen LogP contribution >= 0.6 is 0 Å². The molecule has 0 aliphatic rings. The molecule has 0 radical (unpaired) electrons. The molecular weight excluding hydrogens is 558 g/mol. The van der Waals surface area contributed by atoms with Crippen molar-refractivity contribution in [3.63, 3.8) is 0 Å². The second kappa shape index (κ2) is 10.8. The van der Waals surface area contributed by atoms with E-state index in [-0.39, 0.29) is 0 Å². The van der Waals surface area contributed by atoms with Crippen molar-refractivity contribution in [2.75, 3.05) is 0 Å². The van der Waals surface area contributed by atoms with Gasteiger partial charge in [-0.1, -0.05) is 146 Å². The summed E-state index contributed by atoms with van der Waals surface area (Å²) in [6, 6.07) is 57.6. The number of hydrogen-bond donors (Lipinski definition) is 0. The molecule has 8 aromatic carbocycles. The monoisotopic (exact) mass is 585 g/mol. The highest BCUT2D eigenvalue weighted by molar-refractivity contribution is 6.17. The van der Waals surface area contributed by atoms with Crippen LogP contribution < -0.4 is 0 Å². The summed E-state index contributed by atoms with van der Waals surface area (Å²) in [4.78, 5) is 15.2. The number of fused-ring (bicyclic) bond motifs is 6. The maximum atomic E-state index is 5.13. The second-order valence-corrected chi connectivity index (χ2v) is 11.7. The first-order valence-corrected chi connectivity index (χ1v) is 15.5. The van der Waals surface area contributed by atoms with Gasteiger partial charge in [0.2, 0.25) is 0 Å². The number of nitrogens with zero attached hydrogens (tertiary/aromatic N) is 3. The Morgan fingerprint density at radius 3 is 1.48 bits per heavy atom. The SMILES string of the molecule is c1ccc(-c2nc(-c3cc(-c4ccccc4)c4ccccc4c3)nc(-c3ccc4c(ccc5c6ccccc6ccc45)c3)n2)cc1. The van der Waals surface area contributed by atoms with Gasteiger partial charge in [-0.05, 0) is 72.4 Å². The van der Waals surface area contributed by atoms with Crippen LogP contribution in [-0.4, -0.2) is 15.0 Å². The van der Waals surface area contributed by atoms with Gasteiger partial charge in [-0.15, -0.1) is 0 Å². The van der Waals surface area contributed by atoms with Crippen LogP contribution in [-0.2, 0) is 0 Å². The van der Waals surface area contributed by atoms with Crippen molar-refractivity contribution in [1.82, 2.24) is 15.0 Å². The molecule has 0 amide bonds. The third-order valence-electron chi connectivity index (χ3n) is 8.87. The van der Waals surface area contributed by atoms with Crippen LogP contribution in [0.4, 0.5) is 0 Å². The lowest BCUT2D eigenvalue weighted by atomic mass is 9.95. The van der Waals surface area contributed by atoms with Crippen LogP contribution in [0.15, 0.2) is 164 Å². The minimum atomic E-state index is 0.650. The lowest BCUT2D eigenvalue weighted by Gasteiger charge is -2.13. The molecule has 9 rings (SSSR count). The lowest BCUT2D eigenvalue weighted by Crippen LogP contribution is -2.00. The maximum Gasteiger partial charge on any atom is 0.164 e. The van der Waals surface area contributed by atoms with E-state index >= 15 is 0 Å². The molecule has 9 aromatic rings. The van der Waals surface area contributed by atoms with Crippen molar-refractivity contribution in [3.05, 3.63) is 164 Å². The normalized spacial score (nSPS) is 11.5. The summed E-state index contributed by atoms with van der Waals surface area (Å²) in [5.41, 5.74) is 5.18. The van der Waals surface area contributed by atoms with Gasteiger partial charge in [0.25, 0.3) is 0 Å². The first-order valence-electron chi connectivity index (χ1n) is 15.5. The van der Waals surface area contributed by atoms with Gasteiger partial charge in [-0.25, -0.2) is 15.0 Å². The summed E-state index contributed by atoms with van der Waals surface area (Å²) < 4.78 is 0. The molecule has 1 heterocycles. The quantitative estimate of drug-likeness (QED) is 0.193. The van der Waals surface area contributed by atoms with E-state index in [0.29, 0.717) is 17.5 Å². The molecule has 0 saturated carbocycles. The molecule has 0 fully saturated rings. The second-order valence-electron chi connectivity index (χ2n) is 11.7. The first kappa shape index (κ1) is 26.2. The van der Waals surface area contributed by atoms with Crippen LogP contribution in [0.3, 0.4) is 0 Å². The number of benzene rings is 8. The highest BCUT2D eigenvalue weighted by Gasteiger charge is 2.16. The van der Waals surface area contributed by atoms with E-state index in [0.717, 1.165) is 38.6 Å². The van der Waals surface area contributed by atoms with E-state index < -0.39 is 0 Å². The standard InChI is InChI=1S/C43H27N3/c1-3-11-28(12-4-1)40-27-34(26-31-16-8-10-18-36(31)40)43-45-41(30-14-5-2-6-15-30)44-42(46-43)33-21-22-37-32(25-33)20-24-38-35-17-9-7-13-29(35)19-23-39(37)38/h1-27H. The smallest absolute Gasteiger partial charge is 0.164 e. The molecule has 0 bridgehead atoms. The zero-order valence-electron chi connectivity index (χ0n) is 24.9. The zero-order chi connectivity index (χ0) is 30.5. The Bertz CT molecular complexity index is 2570. The van der Waals surface area contributed by atoms with Gasteiger partial charge >= 0.3 is 0 Å². The van der Waals surface area contributed by atoms with Gasteiger partial charge in [-0.2, -0.15) is 0 Å². The Hall–Kier alpha value is -6.19. The van der Waals surface area contributed by atoms with Gasteiger partial charge in [0.05, 0.1) is 0 Å². The summed E-state index contributed by atoms with van der Waals surface area (Å²) in [5, 5.41) is 9.74. The van der Waals surface area contributed by atoms with Crippen molar-refractivity contribution in [2.24, 2.45) is 0 Å². The molecular formula is C43H27N3. The van der Waals surface area contributed by atoms with Crippen LogP contribution in [0.5, 0.6) is 0 Å². The molecule has 0 saturated heterocycles. The average molecular weight is 586 g/mol. The van der Waals surface area contributed by atoms with E-state index in [1.54, 1.807) is 0 Å². The Balaban J connectivity index is 1.25. The molecule has 3 heteroatoms. The minimum Gasteiger partial charge on any atom is -0.208 e. The Kier molecular flexibility index (Phi) is 6.14. The summed E-state index contributed by atoms with van der Waals surface area (Å²) in [6.07, 6.45) is 0. The molecule has 0 spiro atoms. The number of hydrogen-bond acceptors (Lipinski definition) is 3. The highest BCUT2D eigenvalue weighted by atomic mass is 15.0. The predicted octanol–water partition coefficient (Wildman–Crippen LogP) is 11.2. The molecule has 1 aromatic heterocycles. The van der Waals surface area contributed by atoms with Crippen molar-refractivity contribution < 1.29 is 0 Å². The molecule has 46 heavy (non-hydrogen) atoms.